The van der Waals surface area contributed by atoms with Crippen molar-refractivity contribution < 1.29 is 27.8 Å². The van der Waals surface area contributed by atoms with E-state index < -0.39 is 23.2 Å². The number of rotatable bonds is 9. The molecule has 0 atom stereocenters. The normalized spacial score (nSPS) is 25.8. The monoisotopic (exact) mass is 449 g/mol. The minimum Gasteiger partial charge on any atom is -0.426 e. The highest BCUT2D eigenvalue weighted by Gasteiger charge is 2.30. The highest BCUT2D eigenvalue weighted by molar-refractivity contribution is 5.75. The summed E-state index contributed by atoms with van der Waals surface area (Å²) in [6.45, 7) is 3.79. The Morgan fingerprint density at radius 1 is 1.00 bits per heavy atom. The van der Waals surface area contributed by atoms with E-state index in [1.165, 1.54) is 6.07 Å². The summed E-state index contributed by atoms with van der Waals surface area (Å²) < 4.78 is 44.6. The number of hydrogen-bond donors (Lipinski definition) is 0. The maximum Gasteiger partial charge on any atom is 0.314 e. The van der Waals surface area contributed by atoms with Gasteiger partial charge < -0.3 is 14.2 Å². The predicted molar refractivity (Wildman–Crippen MR) is 115 cm³/mol. The first-order valence-electron chi connectivity index (χ1n) is 11.8. The van der Waals surface area contributed by atoms with Gasteiger partial charge in [-0.3, -0.25) is 4.79 Å². The zero-order chi connectivity index (χ0) is 22.9. The molecule has 2 aliphatic carbocycles. The van der Waals surface area contributed by atoms with Crippen LogP contribution >= 0.6 is 0 Å². The Hall–Kier alpha value is -2.04. The van der Waals surface area contributed by atoms with Crippen LogP contribution < -0.4 is 4.74 Å². The number of ether oxygens (including phenoxy) is 3. The summed E-state index contributed by atoms with van der Waals surface area (Å²) >= 11 is 0. The Balaban J connectivity index is 1.35. The van der Waals surface area contributed by atoms with Crippen LogP contribution in [0.2, 0.25) is 0 Å². The minimum atomic E-state index is -1.03. The number of nitriles is 1. The second-order valence-electron chi connectivity index (χ2n) is 8.97. The molecule has 7 heteroatoms. The molecule has 0 N–H and O–H groups in total. The molecule has 0 spiro atoms. The summed E-state index contributed by atoms with van der Waals surface area (Å²) in [4.78, 5) is 12.4. The second kappa shape index (κ2) is 12.3. The maximum atomic E-state index is 13.7. The van der Waals surface area contributed by atoms with Gasteiger partial charge in [0.1, 0.15) is 29.0 Å². The highest BCUT2D eigenvalue weighted by atomic mass is 19.1. The van der Waals surface area contributed by atoms with Crippen molar-refractivity contribution >= 4 is 5.97 Å². The minimum absolute atomic E-state index is 0.141. The predicted octanol–water partition coefficient (Wildman–Crippen LogP) is 5.69. The van der Waals surface area contributed by atoms with Crippen LogP contribution in [0, 0.1) is 34.8 Å². The van der Waals surface area contributed by atoms with Crippen molar-refractivity contribution in [2.24, 2.45) is 11.8 Å². The molecule has 0 amide bonds. The maximum absolute atomic E-state index is 13.7. The standard InChI is InChI=1S/C25H33F2NO4/c1-2-3-12-30-19-8-4-17(5-9-19)16-31-20-10-6-18(7-11-20)25(29)32-21-13-23(26)22(15-28)24(27)14-21/h13-14,17-20H,2-12,16H2,1H3/t17-,18-,19-,20-. The fourth-order valence-corrected chi connectivity index (χ4v) is 4.51. The lowest BCUT2D eigenvalue weighted by Crippen LogP contribution is -2.31. The average molecular weight is 450 g/mol. The quantitative estimate of drug-likeness (QED) is 0.275. The van der Waals surface area contributed by atoms with E-state index in [-0.39, 0.29) is 17.8 Å². The second-order valence-corrected chi connectivity index (χ2v) is 8.97. The third-order valence-corrected chi connectivity index (χ3v) is 6.57. The van der Waals surface area contributed by atoms with Crippen LogP contribution in [0.1, 0.15) is 76.7 Å². The van der Waals surface area contributed by atoms with E-state index in [1.807, 2.05) is 0 Å². The number of carbonyl (C=O) groups is 1. The Kier molecular flexibility index (Phi) is 9.43. The number of esters is 1. The van der Waals surface area contributed by atoms with E-state index in [0.29, 0.717) is 24.9 Å². The zero-order valence-electron chi connectivity index (χ0n) is 18.8. The van der Waals surface area contributed by atoms with Gasteiger partial charge in [0.15, 0.2) is 0 Å². The molecule has 0 radical (unpaired) electrons. The van der Waals surface area contributed by atoms with Crippen LogP contribution in [0.5, 0.6) is 5.75 Å². The van der Waals surface area contributed by atoms with Gasteiger partial charge in [-0.15, -0.1) is 0 Å². The van der Waals surface area contributed by atoms with Crippen LogP contribution in [0.15, 0.2) is 12.1 Å². The van der Waals surface area contributed by atoms with Crippen molar-refractivity contribution in [2.75, 3.05) is 13.2 Å². The number of unbranched alkanes of at least 4 members (excludes halogenated alkanes) is 1. The molecule has 1 aromatic carbocycles. The Morgan fingerprint density at radius 2 is 1.59 bits per heavy atom. The van der Waals surface area contributed by atoms with E-state index >= 15 is 0 Å². The van der Waals surface area contributed by atoms with Gasteiger partial charge in [0.2, 0.25) is 0 Å². The van der Waals surface area contributed by atoms with Gasteiger partial charge in [0.25, 0.3) is 0 Å². The van der Waals surface area contributed by atoms with Crippen molar-refractivity contribution in [3.05, 3.63) is 29.3 Å². The van der Waals surface area contributed by atoms with Crippen molar-refractivity contribution in [3.8, 4) is 11.8 Å². The molecule has 2 fully saturated rings. The molecule has 0 saturated heterocycles. The van der Waals surface area contributed by atoms with Crippen LogP contribution in [0.3, 0.4) is 0 Å². The largest absolute Gasteiger partial charge is 0.426 e. The van der Waals surface area contributed by atoms with Crippen molar-refractivity contribution in [2.45, 2.75) is 83.3 Å². The molecule has 0 aromatic heterocycles. The van der Waals surface area contributed by atoms with E-state index in [1.54, 1.807) is 0 Å². The smallest absolute Gasteiger partial charge is 0.314 e. The fourth-order valence-electron chi connectivity index (χ4n) is 4.51. The number of nitrogens with zero attached hydrogens (tertiary/aromatic N) is 1. The summed E-state index contributed by atoms with van der Waals surface area (Å²) in [5.41, 5.74) is -0.681. The first kappa shape index (κ1) is 24.6. The Labute approximate surface area is 189 Å². The Bertz CT molecular complexity index is 771. The molecule has 0 unspecified atom stereocenters. The summed E-state index contributed by atoms with van der Waals surface area (Å²) in [5, 5.41) is 8.72. The third-order valence-electron chi connectivity index (χ3n) is 6.57. The molecule has 5 nitrogen and oxygen atoms in total. The molecule has 176 valence electrons. The lowest BCUT2D eigenvalue weighted by molar-refractivity contribution is -0.141. The van der Waals surface area contributed by atoms with Crippen molar-refractivity contribution in [1.82, 2.24) is 0 Å². The Morgan fingerprint density at radius 3 is 2.19 bits per heavy atom. The van der Waals surface area contributed by atoms with Crippen molar-refractivity contribution in [1.29, 1.82) is 5.26 Å². The first-order chi connectivity index (χ1) is 15.5. The van der Waals surface area contributed by atoms with Gasteiger partial charge in [0, 0.05) is 25.3 Å². The highest BCUT2D eigenvalue weighted by Crippen LogP contribution is 2.31. The van der Waals surface area contributed by atoms with Gasteiger partial charge in [-0.05, 0) is 63.7 Å². The van der Waals surface area contributed by atoms with Gasteiger partial charge in [0.05, 0.1) is 18.1 Å². The molecule has 3 rings (SSSR count). The van der Waals surface area contributed by atoms with Crippen LogP contribution in [0.25, 0.3) is 0 Å². The molecule has 0 bridgehead atoms. The first-order valence-corrected chi connectivity index (χ1v) is 11.8. The summed E-state index contributed by atoms with van der Waals surface area (Å²) in [6.07, 6.45) is 10.1. The van der Waals surface area contributed by atoms with E-state index in [4.69, 9.17) is 19.5 Å². The SMILES string of the molecule is CCCCO[C@H]1CC[C@H](CO[C@H]2CC[C@H](C(=O)Oc3cc(F)c(C#N)c(F)c3)CC2)CC1. The number of halogens is 2. The summed E-state index contributed by atoms with van der Waals surface area (Å²) in [7, 11) is 0. The van der Waals surface area contributed by atoms with E-state index in [2.05, 4.69) is 6.92 Å². The van der Waals surface area contributed by atoms with Crippen LogP contribution in [0.4, 0.5) is 8.78 Å². The van der Waals surface area contributed by atoms with Gasteiger partial charge in [-0.25, -0.2) is 8.78 Å². The van der Waals surface area contributed by atoms with Crippen molar-refractivity contribution in [3.63, 3.8) is 0 Å². The molecule has 2 aliphatic rings. The molecule has 32 heavy (non-hydrogen) atoms. The molecular weight excluding hydrogens is 416 g/mol. The number of benzene rings is 1. The molecule has 2 saturated carbocycles. The third kappa shape index (κ3) is 6.98. The molecule has 1 aromatic rings. The number of carbonyl (C=O) groups excluding carboxylic acids is 1. The summed E-state index contributed by atoms with van der Waals surface area (Å²) in [5.74, 6) is -2.51. The molecule has 0 aliphatic heterocycles. The zero-order valence-corrected chi connectivity index (χ0v) is 18.8. The van der Waals surface area contributed by atoms with Gasteiger partial charge in [-0.1, -0.05) is 13.3 Å². The molecule has 0 heterocycles. The summed E-state index contributed by atoms with van der Waals surface area (Å²) in [6, 6.07) is 3.20. The molecular formula is C25H33F2NO4. The average Bonchev–Trinajstić information content (AvgIpc) is 2.79. The topological polar surface area (TPSA) is 68.6 Å². The van der Waals surface area contributed by atoms with E-state index in [9.17, 15) is 13.6 Å². The lowest BCUT2D eigenvalue weighted by Gasteiger charge is -2.31. The van der Waals surface area contributed by atoms with Gasteiger partial charge in [-0.2, -0.15) is 5.26 Å². The van der Waals surface area contributed by atoms with Crippen LogP contribution in [-0.2, 0) is 14.3 Å². The van der Waals surface area contributed by atoms with Gasteiger partial charge >= 0.3 is 5.97 Å². The van der Waals surface area contributed by atoms with Crippen LogP contribution in [-0.4, -0.2) is 31.4 Å². The fraction of sp³-hybridized carbons (Fsp3) is 0.680. The van der Waals surface area contributed by atoms with E-state index in [0.717, 1.165) is 76.7 Å². The number of hydrogen-bond acceptors (Lipinski definition) is 5. The lowest BCUT2D eigenvalue weighted by atomic mass is 9.86.